The number of aromatic amines is 1. The maximum Gasteiger partial charge on any atom is 0.254 e. The summed E-state index contributed by atoms with van der Waals surface area (Å²) in [6.07, 6.45) is 0.847. The normalized spacial score (nSPS) is 19.4. The van der Waals surface area contributed by atoms with Gasteiger partial charge in [0.15, 0.2) is 0 Å². The van der Waals surface area contributed by atoms with E-state index in [9.17, 15) is 14.0 Å². The van der Waals surface area contributed by atoms with Crippen LogP contribution in [-0.2, 0) is 11.2 Å². The minimum absolute atomic E-state index is 0.0150. The number of benzene rings is 1. The Morgan fingerprint density at radius 1 is 1.35 bits per heavy atom. The summed E-state index contributed by atoms with van der Waals surface area (Å²) in [7, 11) is 0. The molecule has 0 unspecified atom stereocenters. The first-order valence-electron chi connectivity index (χ1n) is 7.55. The molecule has 6 heteroatoms. The van der Waals surface area contributed by atoms with Crippen LogP contribution >= 0.6 is 0 Å². The van der Waals surface area contributed by atoms with Crippen LogP contribution in [0.5, 0.6) is 0 Å². The van der Waals surface area contributed by atoms with E-state index in [0.717, 1.165) is 12.0 Å². The molecule has 1 saturated carbocycles. The predicted molar refractivity (Wildman–Crippen MR) is 83.7 cm³/mol. The second-order valence-corrected chi connectivity index (χ2v) is 5.96. The molecule has 1 heterocycles. The summed E-state index contributed by atoms with van der Waals surface area (Å²) < 4.78 is 12.9. The number of carbonyl (C=O) groups excluding carboxylic acids is 1. The Morgan fingerprint density at radius 3 is 2.70 bits per heavy atom. The van der Waals surface area contributed by atoms with Crippen molar-refractivity contribution in [2.45, 2.75) is 38.6 Å². The maximum atomic E-state index is 12.9. The Balaban J connectivity index is 1.61. The number of amides is 1. The summed E-state index contributed by atoms with van der Waals surface area (Å²) in [5.74, 6) is 0.292. The van der Waals surface area contributed by atoms with Gasteiger partial charge in [-0.15, -0.1) is 0 Å². The van der Waals surface area contributed by atoms with E-state index in [1.807, 2.05) is 0 Å². The molecule has 1 aliphatic carbocycles. The molecule has 1 amide bonds. The molecule has 120 valence electrons. The minimum Gasteiger partial charge on any atom is -0.352 e. The van der Waals surface area contributed by atoms with Gasteiger partial charge in [-0.25, -0.2) is 9.37 Å². The van der Waals surface area contributed by atoms with Crippen molar-refractivity contribution < 1.29 is 9.18 Å². The van der Waals surface area contributed by atoms with E-state index in [1.54, 1.807) is 26.0 Å². The van der Waals surface area contributed by atoms with Crippen molar-refractivity contribution in [1.82, 2.24) is 15.3 Å². The monoisotopic (exact) mass is 315 g/mol. The first kappa shape index (κ1) is 15.4. The molecule has 0 radical (unpaired) electrons. The molecule has 1 aliphatic rings. The lowest BCUT2D eigenvalue weighted by molar-refractivity contribution is -0.120. The Hall–Kier alpha value is -2.50. The number of carbonyl (C=O) groups is 1. The fraction of sp³-hybridized carbons (Fsp3) is 0.353. The van der Waals surface area contributed by atoms with Crippen LogP contribution in [0.2, 0.25) is 0 Å². The minimum atomic E-state index is -0.268. The van der Waals surface area contributed by atoms with Gasteiger partial charge in [0.25, 0.3) is 5.56 Å². The molecular formula is C17H18FN3O2. The third-order valence-electron chi connectivity index (χ3n) is 4.11. The molecule has 5 nitrogen and oxygen atoms in total. The van der Waals surface area contributed by atoms with Crippen LogP contribution in [0.25, 0.3) is 0 Å². The lowest BCUT2D eigenvalue weighted by atomic mass is 10.1. The zero-order valence-corrected chi connectivity index (χ0v) is 13.0. The van der Waals surface area contributed by atoms with Crippen LogP contribution in [0.3, 0.4) is 0 Å². The number of nitrogens with one attached hydrogen (secondary N) is 2. The zero-order chi connectivity index (χ0) is 16.6. The first-order valence-corrected chi connectivity index (χ1v) is 7.55. The molecule has 0 saturated heterocycles. The highest BCUT2D eigenvalue weighted by atomic mass is 19.1. The number of nitrogens with zero attached hydrogens (tertiary/aromatic N) is 1. The van der Waals surface area contributed by atoms with Gasteiger partial charge in [-0.1, -0.05) is 12.1 Å². The second kappa shape index (κ2) is 5.95. The van der Waals surface area contributed by atoms with Crippen molar-refractivity contribution in [3.63, 3.8) is 0 Å². The van der Waals surface area contributed by atoms with Crippen molar-refractivity contribution in [2.75, 3.05) is 0 Å². The van der Waals surface area contributed by atoms with Gasteiger partial charge in [0, 0.05) is 23.2 Å². The molecule has 0 spiro atoms. The first-order chi connectivity index (χ1) is 10.9. The van der Waals surface area contributed by atoms with E-state index in [1.165, 1.54) is 12.1 Å². The Labute approximate surface area is 133 Å². The fourth-order valence-corrected chi connectivity index (χ4v) is 2.81. The topological polar surface area (TPSA) is 74.8 Å². The van der Waals surface area contributed by atoms with E-state index in [-0.39, 0.29) is 35.7 Å². The number of hydrogen-bond acceptors (Lipinski definition) is 3. The molecule has 1 fully saturated rings. The average molecular weight is 315 g/mol. The summed E-state index contributed by atoms with van der Waals surface area (Å²) in [4.78, 5) is 30.8. The van der Waals surface area contributed by atoms with Gasteiger partial charge in [0.05, 0.1) is 6.42 Å². The number of halogens is 1. The standard InChI is InChI=1S/C17H18FN3O2/c1-9-13(17(23)20-10(2)19-9)8-16(22)21-15-7-14(15)11-3-5-12(18)6-4-11/h3-6,14-15H,7-8H2,1-2H3,(H,21,22)(H,19,20,23)/t14-,15-/m0/s1. The quantitative estimate of drug-likeness (QED) is 0.902. The van der Waals surface area contributed by atoms with Gasteiger partial charge in [-0.3, -0.25) is 9.59 Å². The molecule has 23 heavy (non-hydrogen) atoms. The van der Waals surface area contributed by atoms with Crippen molar-refractivity contribution in [2.24, 2.45) is 0 Å². The molecule has 2 atom stereocenters. The average Bonchev–Trinajstić information content (AvgIpc) is 3.22. The molecule has 2 aromatic rings. The van der Waals surface area contributed by atoms with Gasteiger partial charge in [-0.2, -0.15) is 0 Å². The molecule has 3 rings (SSSR count). The fourth-order valence-electron chi connectivity index (χ4n) is 2.81. The van der Waals surface area contributed by atoms with Crippen LogP contribution in [0.15, 0.2) is 29.1 Å². The molecule has 1 aromatic heterocycles. The van der Waals surface area contributed by atoms with Gasteiger partial charge >= 0.3 is 0 Å². The van der Waals surface area contributed by atoms with Gasteiger partial charge in [0.1, 0.15) is 11.6 Å². The van der Waals surface area contributed by atoms with E-state index in [4.69, 9.17) is 0 Å². The highest BCUT2D eigenvalue weighted by Crippen LogP contribution is 2.40. The maximum absolute atomic E-state index is 12.9. The van der Waals surface area contributed by atoms with Crippen LogP contribution in [-0.4, -0.2) is 21.9 Å². The largest absolute Gasteiger partial charge is 0.352 e. The summed E-state index contributed by atoms with van der Waals surface area (Å²) in [6.45, 7) is 3.43. The highest BCUT2D eigenvalue weighted by Gasteiger charge is 2.39. The van der Waals surface area contributed by atoms with E-state index >= 15 is 0 Å². The van der Waals surface area contributed by atoms with Crippen molar-refractivity contribution >= 4 is 5.91 Å². The molecule has 2 N–H and O–H groups in total. The second-order valence-electron chi connectivity index (χ2n) is 5.96. The van der Waals surface area contributed by atoms with Gasteiger partial charge in [-0.05, 0) is 38.0 Å². The Morgan fingerprint density at radius 2 is 2.04 bits per heavy atom. The molecule has 0 aliphatic heterocycles. The summed E-state index contributed by atoms with van der Waals surface area (Å²) in [5, 5.41) is 2.92. The number of rotatable bonds is 4. The Bertz CT molecular complexity index is 798. The number of hydrogen-bond donors (Lipinski definition) is 2. The van der Waals surface area contributed by atoms with Gasteiger partial charge < -0.3 is 10.3 Å². The summed E-state index contributed by atoms with van der Waals surface area (Å²) in [6, 6.07) is 6.38. The van der Waals surface area contributed by atoms with Crippen molar-refractivity contribution in [3.05, 3.63) is 63.1 Å². The van der Waals surface area contributed by atoms with Crippen LogP contribution in [0.1, 0.15) is 35.0 Å². The smallest absolute Gasteiger partial charge is 0.254 e. The summed E-state index contributed by atoms with van der Waals surface area (Å²) in [5.41, 5.74) is 1.72. The number of aryl methyl sites for hydroxylation is 2. The van der Waals surface area contributed by atoms with Crippen LogP contribution in [0, 0.1) is 19.7 Å². The third-order valence-corrected chi connectivity index (χ3v) is 4.11. The number of aromatic nitrogens is 2. The molecular weight excluding hydrogens is 297 g/mol. The zero-order valence-electron chi connectivity index (χ0n) is 13.0. The predicted octanol–water partition coefficient (Wildman–Crippen LogP) is 1.74. The van der Waals surface area contributed by atoms with Crippen LogP contribution in [0.4, 0.5) is 4.39 Å². The lowest BCUT2D eigenvalue weighted by Gasteiger charge is -2.07. The molecule has 0 bridgehead atoms. The van der Waals surface area contributed by atoms with Gasteiger partial charge in [0.2, 0.25) is 5.91 Å². The SMILES string of the molecule is Cc1nc(C)c(CC(=O)N[C@H]2C[C@H]2c2ccc(F)cc2)c(=O)[nH]1. The van der Waals surface area contributed by atoms with E-state index < -0.39 is 0 Å². The van der Waals surface area contributed by atoms with Crippen LogP contribution < -0.4 is 10.9 Å². The van der Waals surface area contributed by atoms with E-state index in [0.29, 0.717) is 17.1 Å². The van der Waals surface area contributed by atoms with Crippen molar-refractivity contribution in [1.29, 1.82) is 0 Å². The lowest BCUT2D eigenvalue weighted by Crippen LogP contribution is -2.31. The van der Waals surface area contributed by atoms with Crippen molar-refractivity contribution in [3.8, 4) is 0 Å². The van der Waals surface area contributed by atoms with E-state index in [2.05, 4.69) is 15.3 Å². The Kier molecular flexibility index (Phi) is 3.98. The molecule has 1 aromatic carbocycles. The third kappa shape index (κ3) is 3.47. The number of H-pyrrole nitrogens is 1. The highest BCUT2D eigenvalue weighted by molar-refractivity contribution is 5.79. The summed E-state index contributed by atoms with van der Waals surface area (Å²) >= 11 is 0.